The highest BCUT2D eigenvalue weighted by molar-refractivity contribution is 7.90. The molecule has 0 aliphatic rings. The third kappa shape index (κ3) is 6.69. The van der Waals surface area contributed by atoms with Crippen LogP contribution in [0.25, 0.3) is 49.3 Å². The molecule has 0 aliphatic carbocycles. The minimum atomic E-state index is -4.73. The van der Waals surface area contributed by atoms with Crippen molar-refractivity contribution >= 4 is 50.1 Å². The predicted octanol–water partition coefficient (Wildman–Crippen LogP) is 8.99. The van der Waals surface area contributed by atoms with Crippen molar-refractivity contribution in [2.45, 2.75) is 11.3 Å². The van der Waals surface area contributed by atoms with Gasteiger partial charge < -0.3 is 10.4 Å². The number of nitriles is 1. The first kappa shape index (κ1) is 36.3. The normalized spacial score (nSPS) is 11.3. The highest BCUT2D eigenvalue weighted by atomic mass is 35.5. The molecule has 6 aromatic rings. The molecule has 0 spiro atoms. The molecular formula is C38H21ClF4N4O5S. The summed E-state index contributed by atoms with van der Waals surface area (Å²) in [6, 6.07) is 21.3. The first-order valence-corrected chi connectivity index (χ1v) is 17.1. The summed E-state index contributed by atoms with van der Waals surface area (Å²) in [5.74, 6) is -4.22. The van der Waals surface area contributed by atoms with Gasteiger partial charge in [0, 0.05) is 43.8 Å². The van der Waals surface area contributed by atoms with Gasteiger partial charge in [0.15, 0.2) is 5.69 Å². The van der Waals surface area contributed by atoms with Gasteiger partial charge in [-0.2, -0.15) is 5.26 Å². The number of halogens is 5. The second-order valence-corrected chi connectivity index (χ2v) is 13.6. The minimum Gasteiger partial charge on any atom is -0.480 e. The van der Waals surface area contributed by atoms with Gasteiger partial charge in [-0.1, -0.05) is 54.1 Å². The molecule has 0 fully saturated rings. The SMILES string of the molecule is [C-]#[N+]c1cccc(C#N)c1-c1c(-c2cccc(-c3cc(F)c(C(=O)NCC(=O)O)cc3Cl)c2)n(S(=O)(=O)c2ccc(C(F)F)cc2)c2ccc(F)cc12. The van der Waals surface area contributed by atoms with Gasteiger partial charge in [-0.05, 0) is 60.2 Å². The fourth-order valence-corrected chi connectivity index (χ4v) is 7.73. The van der Waals surface area contributed by atoms with E-state index in [9.17, 15) is 32.0 Å². The Bertz CT molecular complexity index is 2650. The van der Waals surface area contributed by atoms with Crippen molar-refractivity contribution in [1.29, 1.82) is 5.26 Å². The molecule has 53 heavy (non-hydrogen) atoms. The fourth-order valence-electron chi connectivity index (χ4n) is 5.91. The smallest absolute Gasteiger partial charge is 0.322 e. The maximum Gasteiger partial charge on any atom is 0.322 e. The Morgan fingerprint density at radius 2 is 1.64 bits per heavy atom. The molecule has 1 heterocycles. The van der Waals surface area contributed by atoms with E-state index >= 15 is 8.78 Å². The Balaban J connectivity index is 1.68. The second-order valence-electron chi connectivity index (χ2n) is 11.4. The zero-order valence-corrected chi connectivity index (χ0v) is 28.3. The number of rotatable bonds is 9. The van der Waals surface area contributed by atoms with Crippen molar-refractivity contribution in [1.82, 2.24) is 9.29 Å². The summed E-state index contributed by atoms with van der Waals surface area (Å²) in [6.07, 6.45) is -2.88. The van der Waals surface area contributed by atoms with E-state index in [0.717, 1.165) is 52.5 Å². The molecule has 5 aromatic carbocycles. The van der Waals surface area contributed by atoms with E-state index in [1.54, 1.807) is 0 Å². The Morgan fingerprint density at radius 3 is 2.30 bits per heavy atom. The number of aliphatic carboxylic acids is 1. The van der Waals surface area contributed by atoms with Crippen molar-refractivity contribution in [3.8, 4) is 39.6 Å². The van der Waals surface area contributed by atoms with E-state index in [1.165, 1.54) is 48.5 Å². The molecule has 9 nitrogen and oxygen atoms in total. The molecule has 0 saturated heterocycles. The lowest BCUT2D eigenvalue weighted by atomic mass is 9.92. The van der Waals surface area contributed by atoms with E-state index in [-0.39, 0.29) is 60.7 Å². The van der Waals surface area contributed by atoms with E-state index in [4.69, 9.17) is 23.3 Å². The molecular weight excluding hydrogens is 736 g/mol. The van der Waals surface area contributed by atoms with Crippen LogP contribution < -0.4 is 5.32 Å². The maximum atomic E-state index is 15.3. The Labute approximate surface area is 303 Å². The van der Waals surface area contributed by atoms with Crippen LogP contribution in [0.3, 0.4) is 0 Å². The van der Waals surface area contributed by atoms with E-state index < -0.39 is 62.5 Å². The first-order chi connectivity index (χ1) is 25.3. The highest BCUT2D eigenvalue weighted by Gasteiger charge is 2.31. The Hall–Kier alpha value is -6.48. The number of carboxylic acid groups (broad SMARTS) is 1. The van der Waals surface area contributed by atoms with Crippen LogP contribution in [0.15, 0.2) is 102 Å². The summed E-state index contributed by atoms with van der Waals surface area (Å²) in [4.78, 5) is 26.5. The van der Waals surface area contributed by atoms with Crippen LogP contribution in [0.2, 0.25) is 5.02 Å². The van der Waals surface area contributed by atoms with Gasteiger partial charge in [0.05, 0.1) is 34.3 Å². The largest absolute Gasteiger partial charge is 0.480 e. The number of alkyl halides is 2. The second kappa shape index (κ2) is 14.3. The average Bonchev–Trinajstić information content (AvgIpc) is 3.48. The van der Waals surface area contributed by atoms with Crippen molar-refractivity contribution in [2.24, 2.45) is 0 Å². The predicted molar refractivity (Wildman–Crippen MR) is 188 cm³/mol. The van der Waals surface area contributed by atoms with Crippen LogP contribution >= 0.6 is 11.6 Å². The van der Waals surface area contributed by atoms with Crippen LogP contribution in [0, 0.1) is 29.5 Å². The number of benzene rings is 5. The molecule has 0 saturated carbocycles. The summed E-state index contributed by atoms with van der Waals surface area (Å²) in [5.41, 5.74) is -0.991. The first-order valence-electron chi connectivity index (χ1n) is 15.2. The van der Waals surface area contributed by atoms with Crippen LogP contribution in [0.1, 0.15) is 27.9 Å². The van der Waals surface area contributed by atoms with Gasteiger partial charge >= 0.3 is 5.97 Å². The molecule has 6 rings (SSSR count). The maximum absolute atomic E-state index is 15.3. The van der Waals surface area contributed by atoms with Gasteiger partial charge in [0.1, 0.15) is 18.2 Å². The summed E-state index contributed by atoms with van der Waals surface area (Å²) >= 11 is 6.52. The molecule has 0 atom stereocenters. The fraction of sp³-hybridized carbons (Fsp3) is 0.0526. The number of fused-ring (bicyclic) bond motifs is 1. The summed E-state index contributed by atoms with van der Waals surface area (Å²) in [7, 11) is -4.73. The number of carbonyl (C=O) groups is 2. The third-order valence-electron chi connectivity index (χ3n) is 8.24. The number of nitrogens with one attached hydrogen (secondary N) is 1. The van der Waals surface area contributed by atoms with E-state index in [1.807, 2.05) is 6.07 Å². The summed E-state index contributed by atoms with van der Waals surface area (Å²) in [6.45, 7) is 7.11. The van der Waals surface area contributed by atoms with E-state index in [0.29, 0.717) is 0 Å². The molecule has 0 bridgehead atoms. The number of carbonyl (C=O) groups excluding carboxylic acids is 1. The lowest BCUT2D eigenvalue weighted by Gasteiger charge is -2.16. The zero-order chi connectivity index (χ0) is 38.2. The van der Waals surface area contributed by atoms with Crippen LogP contribution in [0.4, 0.5) is 23.2 Å². The van der Waals surface area contributed by atoms with E-state index in [2.05, 4.69) is 10.2 Å². The monoisotopic (exact) mass is 756 g/mol. The number of nitrogens with zero attached hydrogens (tertiary/aromatic N) is 3. The standard InChI is InChI=1S/C38H21ClF4N4O5S/c1-45-31-7-3-6-23(18-44)34(31)35-28-15-24(40)10-13-32(28)47(53(51,52)25-11-8-20(9-12-25)37(42)43)36(35)22-5-2-4-21(14-22)26-17-30(41)27(16-29(26)39)38(50)46-19-33(48)49/h2-17,37H,19H2,(H,46,50)(H,48,49). The van der Waals surface area contributed by atoms with Gasteiger partial charge in [-0.15, -0.1) is 0 Å². The number of aromatic nitrogens is 1. The molecule has 0 unspecified atom stereocenters. The van der Waals surface area contributed by atoms with Crippen molar-refractivity contribution in [3.05, 3.63) is 142 Å². The summed E-state index contributed by atoms with van der Waals surface area (Å²) in [5, 5.41) is 20.9. The number of carboxylic acids is 1. The highest BCUT2D eigenvalue weighted by Crippen LogP contribution is 2.48. The average molecular weight is 757 g/mol. The van der Waals surface area contributed by atoms with Crippen molar-refractivity contribution in [3.63, 3.8) is 0 Å². The van der Waals surface area contributed by atoms with Gasteiger partial charge in [0.25, 0.3) is 22.4 Å². The van der Waals surface area contributed by atoms with Gasteiger partial charge in [-0.3, -0.25) is 9.59 Å². The Kier molecular flexibility index (Phi) is 9.78. The molecule has 2 N–H and O–H groups in total. The summed E-state index contributed by atoms with van der Waals surface area (Å²) < 4.78 is 87.4. The minimum absolute atomic E-state index is 0.00779. The van der Waals surface area contributed by atoms with Crippen LogP contribution in [-0.2, 0) is 14.8 Å². The lowest BCUT2D eigenvalue weighted by molar-refractivity contribution is -0.135. The molecule has 264 valence electrons. The zero-order valence-electron chi connectivity index (χ0n) is 26.7. The Morgan fingerprint density at radius 1 is 0.943 bits per heavy atom. The number of amides is 1. The topological polar surface area (TPSA) is 134 Å². The number of hydrogen-bond donors (Lipinski definition) is 2. The molecule has 1 aromatic heterocycles. The van der Waals surface area contributed by atoms with Crippen molar-refractivity contribution < 1.29 is 40.7 Å². The quantitative estimate of drug-likeness (QED) is 0.112. The van der Waals surface area contributed by atoms with Gasteiger partial charge in [0.2, 0.25) is 0 Å². The lowest BCUT2D eigenvalue weighted by Crippen LogP contribution is -2.29. The molecule has 1 amide bonds. The molecule has 0 radical (unpaired) electrons. The van der Waals surface area contributed by atoms with Gasteiger partial charge in [-0.25, -0.2) is 34.8 Å². The van der Waals surface area contributed by atoms with Crippen LogP contribution in [-0.4, -0.2) is 35.9 Å². The van der Waals surface area contributed by atoms with Crippen molar-refractivity contribution in [2.75, 3.05) is 6.54 Å². The number of hydrogen-bond acceptors (Lipinski definition) is 5. The molecule has 15 heteroatoms. The third-order valence-corrected chi connectivity index (χ3v) is 10.3. The molecule has 0 aliphatic heterocycles. The van der Waals surface area contributed by atoms with Crippen LogP contribution in [0.5, 0.6) is 0 Å².